The molecule has 5 nitrogen and oxygen atoms in total. The molecule has 1 aromatic heterocycles. The van der Waals surface area contributed by atoms with E-state index in [2.05, 4.69) is 20.5 Å². The molecule has 1 heterocycles. The Hall–Kier alpha value is -3.99. The highest BCUT2D eigenvalue weighted by molar-refractivity contribution is 5.80. The smallest absolute Gasteiger partial charge is 0.244 e. The summed E-state index contributed by atoms with van der Waals surface area (Å²) in [6.45, 7) is 0. The maximum Gasteiger partial charge on any atom is 0.244 e. The maximum atomic E-state index is 10.2. The summed E-state index contributed by atoms with van der Waals surface area (Å²) >= 11 is 0. The third-order valence-electron chi connectivity index (χ3n) is 4.15. The lowest BCUT2D eigenvalue weighted by atomic mass is 10.1. The van der Waals surface area contributed by atoms with Crippen LogP contribution in [0.2, 0.25) is 0 Å². The minimum atomic E-state index is 0.166. The molecular formula is C23H18N4O. The van der Waals surface area contributed by atoms with E-state index in [0.717, 1.165) is 16.8 Å². The Morgan fingerprint density at radius 2 is 1.39 bits per heavy atom. The molecule has 0 spiro atoms. The van der Waals surface area contributed by atoms with Crippen LogP contribution in [0.25, 0.3) is 22.5 Å². The summed E-state index contributed by atoms with van der Waals surface area (Å²) in [5, 5.41) is 14.5. The van der Waals surface area contributed by atoms with Crippen LogP contribution in [0.5, 0.6) is 5.75 Å². The third kappa shape index (κ3) is 4.04. The van der Waals surface area contributed by atoms with Crippen molar-refractivity contribution >= 4 is 12.2 Å². The molecular weight excluding hydrogens is 348 g/mol. The van der Waals surface area contributed by atoms with Crippen molar-refractivity contribution in [3.05, 3.63) is 96.6 Å². The van der Waals surface area contributed by atoms with E-state index < -0.39 is 0 Å². The molecule has 5 heteroatoms. The molecule has 0 fully saturated rings. The highest BCUT2D eigenvalue weighted by Crippen LogP contribution is 2.30. The highest BCUT2D eigenvalue weighted by Gasteiger charge is 2.11. The summed E-state index contributed by atoms with van der Waals surface area (Å²) in [6.07, 6.45) is 1.71. The van der Waals surface area contributed by atoms with Crippen molar-refractivity contribution in [1.82, 2.24) is 9.97 Å². The van der Waals surface area contributed by atoms with Gasteiger partial charge in [-0.05, 0) is 23.8 Å². The Kier molecular flexibility index (Phi) is 5.06. The number of phenols is 1. The second kappa shape index (κ2) is 8.14. The van der Waals surface area contributed by atoms with Gasteiger partial charge in [0.15, 0.2) is 0 Å². The number of hydrogen-bond acceptors (Lipinski definition) is 5. The van der Waals surface area contributed by atoms with E-state index in [1.807, 2.05) is 78.9 Å². The van der Waals surface area contributed by atoms with Crippen molar-refractivity contribution in [2.45, 2.75) is 0 Å². The van der Waals surface area contributed by atoms with Gasteiger partial charge in [-0.25, -0.2) is 15.4 Å². The van der Waals surface area contributed by atoms with E-state index >= 15 is 0 Å². The molecule has 2 N–H and O–H groups in total. The first-order valence-corrected chi connectivity index (χ1v) is 8.86. The fourth-order valence-electron chi connectivity index (χ4n) is 2.79. The first kappa shape index (κ1) is 17.4. The van der Waals surface area contributed by atoms with Crippen LogP contribution in [0.4, 0.5) is 5.95 Å². The molecule has 0 amide bonds. The SMILES string of the molecule is Oc1ccccc1-c1cc(-c2ccccc2)nc(N/N=C/c2ccccc2)n1. The normalized spacial score (nSPS) is 10.9. The highest BCUT2D eigenvalue weighted by atomic mass is 16.3. The van der Waals surface area contributed by atoms with Gasteiger partial charge in [0.25, 0.3) is 0 Å². The average molecular weight is 366 g/mol. The summed E-state index contributed by atoms with van der Waals surface area (Å²) in [5.74, 6) is 0.519. The minimum absolute atomic E-state index is 0.166. The number of benzene rings is 3. The van der Waals surface area contributed by atoms with Crippen LogP contribution in [0, 0.1) is 0 Å². The van der Waals surface area contributed by atoms with Gasteiger partial charge in [-0.3, -0.25) is 0 Å². The average Bonchev–Trinajstić information content (AvgIpc) is 2.75. The first-order valence-electron chi connectivity index (χ1n) is 8.86. The van der Waals surface area contributed by atoms with E-state index in [1.54, 1.807) is 18.3 Å². The Bertz CT molecular complexity index is 1100. The van der Waals surface area contributed by atoms with Crippen molar-refractivity contribution in [3.63, 3.8) is 0 Å². The summed E-state index contributed by atoms with van der Waals surface area (Å²) in [4.78, 5) is 9.10. The van der Waals surface area contributed by atoms with E-state index in [-0.39, 0.29) is 5.75 Å². The van der Waals surface area contributed by atoms with E-state index in [0.29, 0.717) is 17.2 Å². The molecule has 4 rings (SSSR count). The van der Waals surface area contributed by atoms with Crippen LogP contribution in [-0.2, 0) is 0 Å². The van der Waals surface area contributed by atoms with Crippen LogP contribution in [0.1, 0.15) is 5.56 Å². The van der Waals surface area contributed by atoms with Gasteiger partial charge < -0.3 is 5.11 Å². The molecule has 4 aromatic rings. The van der Waals surface area contributed by atoms with E-state index in [4.69, 9.17) is 0 Å². The van der Waals surface area contributed by atoms with Gasteiger partial charge in [-0.2, -0.15) is 5.10 Å². The van der Waals surface area contributed by atoms with Gasteiger partial charge in [0, 0.05) is 11.1 Å². The van der Waals surface area contributed by atoms with Crippen molar-refractivity contribution in [2.24, 2.45) is 5.10 Å². The summed E-state index contributed by atoms with van der Waals surface area (Å²) in [5.41, 5.74) is 6.81. The van der Waals surface area contributed by atoms with Crippen molar-refractivity contribution in [2.75, 3.05) is 5.43 Å². The van der Waals surface area contributed by atoms with Crippen molar-refractivity contribution in [1.29, 1.82) is 0 Å². The Morgan fingerprint density at radius 3 is 2.14 bits per heavy atom. The lowest BCUT2D eigenvalue weighted by Crippen LogP contribution is -2.00. The lowest BCUT2D eigenvalue weighted by molar-refractivity contribution is 0.477. The van der Waals surface area contributed by atoms with Gasteiger partial charge >= 0.3 is 0 Å². The molecule has 0 aliphatic carbocycles. The second-order valence-corrected chi connectivity index (χ2v) is 6.13. The molecule has 0 radical (unpaired) electrons. The third-order valence-corrected chi connectivity index (χ3v) is 4.15. The molecule has 0 saturated carbocycles. The maximum absolute atomic E-state index is 10.2. The molecule has 0 bridgehead atoms. The number of nitrogens with zero attached hydrogens (tertiary/aromatic N) is 3. The quantitative estimate of drug-likeness (QED) is 0.387. The number of anilines is 1. The number of hydrogen-bond donors (Lipinski definition) is 2. The standard InChI is InChI=1S/C23H18N4O/c28-22-14-8-7-13-19(22)21-15-20(18-11-5-2-6-12-18)25-23(26-21)27-24-16-17-9-3-1-4-10-17/h1-16,28H,(H,25,26,27)/b24-16+. The molecule has 136 valence electrons. The van der Waals surface area contributed by atoms with E-state index in [9.17, 15) is 5.11 Å². The zero-order valence-electron chi connectivity index (χ0n) is 15.0. The van der Waals surface area contributed by atoms with Gasteiger partial charge in [0.2, 0.25) is 5.95 Å². The molecule has 0 saturated heterocycles. The zero-order chi connectivity index (χ0) is 19.2. The summed E-state index contributed by atoms with van der Waals surface area (Å²) in [7, 11) is 0. The Labute approximate surface area is 163 Å². The fraction of sp³-hybridized carbons (Fsp3) is 0. The summed E-state index contributed by atoms with van der Waals surface area (Å²) < 4.78 is 0. The van der Waals surface area contributed by atoms with Crippen molar-refractivity contribution in [3.8, 4) is 28.3 Å². The van der Waals surface area contributed by atoms with Gasteiger partial charge in [0.05, 0.1) is 17.6 Å². The predicted molar refractivity (Wildman–Crippen MR) is 112 cm³/mol. The van der Waals surface area contributed by atoms with Crippen molar-refractivity contribution < 1.29 is 5.11 Å². The zero-order valence-corrected chi connectivity index (χ0v) is 15.0. The number of rotatable bonds is 5. The minimum Gasteiger partial charge on any atom is -0.507 e. The van der Waals surface area contributed by atoms with Crippen LogP contribution < -0.4 is 5.43 Å². The lowest BCUT2D eigenvalue weighted by Gasteiger charge is -2.09. The molecule has 3 aromatic carbocycles. The molecule has 0 atom stereocenters. The number of para-hydroxylation sites is 1. The fourth-order valence-corrected chi connectivity index (χ4v) is 2.79. The molecule has 0 unspecified atom stereocenters. The molecule has 0 aliphatic heterocycles. The number of aromatic nitrogens is 2. The number of phenolic OH excluding ortho intramolecular Hbond substituents is 1. The van der Waals surface area contributed by atoms with Crippen LogP contribution >= 0.6 is 0 Å². The van der Waals surface area contributed by atoms with Gasteiger partial charge in [0.1, 0.15) is 5.75 Å². The number of nitrogens with one attached hydrogen (secondary N) is 1. The first-order chi connectivity index (χ1) is 13.8. The van der Waals surface area contributed by atoms with Gasteiger partial charge in [-0.15, -0.1) is 0 Å². The summed E-state index contributed by atoms with van der Waals surface area (Å²) in [6, 6.07) is 28.6. The largest absolute Gasteiger partial charge is 0.507 e. The topological polar surface area (TPSA) is 70.4 Å². The Balaban J connectivity index is 1.72. The van der Waals surface area contributed by atoms with Crippen LogP contribution in [0.15, 0.2) is 96.1 Å². The monoisotopic (exact) mass is 366 g/mol. The predicted octanol–water partition coefficient (Wildman–Crippen LogP) is 4.96. The number of hydrazone groups is 1. The number of aromatic hydroxyl groups is 1. The second-order valence-electron chi connectivity index (χ2n) is 6.13. The van der Waals surface area contributed by atoms with Crippen LogP contribution in [0.3, 0.4) is 0 Å². The molecule has 28 heavy (non-hydrogen) atoms. The van der Waals surface area contributed by atoms with Gasteiger partial charge in [-0.1, -0.05) is 72.8 Å². The molecule has 0 aliphatic rings. The van der Waals surface area contributed by atoms with E-state index in [1.165, 1.54) is 0 Å². The Morgan fingerprint density at radius 1 is 0.750 bits per heavy atom. The van der Waals surface area contributed by atoms with Crippen LogP contribution in [-0.4, -0.2) is 21.3 Å².